The zero-order valence-corrected chi connectivity index (χ0v) is 25.8. The second-order valence-corrected chi connectivity index (χ2v) is 12.7. The molecule has 3 rings (SSSR count). The second kappa shape index (κ2) is 13.7. The number of amides is 2. The van der Waals surface area contributed by atoms with Gasteiger partial charge in [-0.05, 0) is 86.8 Å². The first-order valence-corrected chi connectivity index (χ1v) is 15.3. The third-order valence-electron chi connectivity index (χ3n) is 6.49. The Morgan fingerprint density at radius 3 is 2.17 bits per heavy atom. The Labute approximate surface area is 251 Å². The molecule has 0 aliphatic rings. The summed E-state index contributed by atoms with van der Waals surface area (Å²) in [6, 6.07) is 16.4. The number of hydrogen-bond acceptors (Lipinski definition) is 4. The van der Waals surface area contributed by atoms with Gasteiger partial charge in [-0.15, -0.1) is 0 Å². The molecule has 0 fully saturated rings. The van der Waals surface area contributed by atoms with E-state index in [0.29, 0.717) is 32.7 Å². The number of nitrogens with one attached hydrogen (secondary N) is 1. The van der Waals surface area contributed by atoms with Crippen LogP contribution in [0.15, 0.2) is 71.6 Å². The van der Waals surface area contributed by atoms with E-state index in [2.05, 4.69) is 5.32 Å². The number of rotatable bonds is 11. The van der Waals surface area contributed by atoms with Crippen molar-refractivity contribution in [3.8, 4) is 0 Å². The molecular weight excluding hydrogens is 593 g/mol. The van der Waals surface area contributed by atoms with E-state index in [1.54, 1.807) is 43.3 Å². The van der Waals surface area contributed by atoms with Crippen molar-refractivity contribution in [3.05, 3.63) is 92.9 Å². The third kappa shape index (κ3) is 7.91. The lowest BCUT2D eigenvalue weighted by Crippen LogP contribution is -2.52. The quantitative estimate of drug-likeness (QED) is 0.265. The molecule has 0 saturated heterocycles. The van der Waals surface area contributed by atoms with Crippen molar-refractivity contribution in [2.24, 2.45) is 0 Å². The molecule has 0 unspecified atom stereocenters. The normalized spacial score (nSPS) is 12.9. The number of carbonyl (C=O) groups excluding carboxylic acids is 2. The molecule has 0 aliphatic carbocycles. The number of halogens is 3. The molecule has 40 heavy (non-hydrogen) atoms. The smallest absolute Gasteiger partial charge is 0.264 e. The summed E-state index contributed by atoms with van der Waals surface area (Å²) in [5, 5.41) is 4.02. The molecule has 0 heterocycles. The highest BCUT2D eigenvalue weighted by molar-refractivity contribution is 7.92. The van der Waals surface area contributed by atoms with Gasteiger partial charge in [-0.25, -0.2) is 8.42 Å². The summed E-state index contributed by atoms with van der Waals surface area (Å²) in [6.07, 6.45) is 0.704. The minimum atomic E-state index is -4.19. The largest absolute Gasteiger partial charge is 0.352 e. The van der Waals surface area contributed by atoms with Crippen LogP contribution in [0.3, 0.4) is 0 Å². The Bertz CT molecular complexity index is 1470. The van der Waals surface area contributed by atoms with Gasteiger partial charge in [0.2, 0.25) is 11.8 Å². The maximum absolute atomic E-state index is 14.0. The molecule has 0 radical (unpaired) electrons. The molecule has 7 nitrogen and oxygen atoms in total. The number of anilines is 1. The molecule has 0 bridgehead atoms. The van der Waals surface area contributed by atoms with Crippen LogP contribution >= 0.6 is 34.8 Å². The lowest BCUT2D eigenvalue weighted by atomic mass is 10.1. The van der Waals surface area contributed by atoms with Crippen molar-refractivity contribution in [2.45, 2.75) is 57.6 Å². The topological polar surface area (TPSA) is 86.8 Å². The SMILES string of the molecule is CC[C@H](C)NC(=O)[C@@H](C)N(Cc1ccc(Cl)cc1Cl)C(=O)CN(c1cccc(C)c1)S(=O)(=O)c1ccc(Cl)cc1. The highest BCUT2D eigenvalue weighted by atomic mass is 35.5. The fourth-order valence-corrected chi connectivity index (χ4v) is 5.93. The van der Waals surface area contributed by atoms with Crippen LogP contribution in [-0.2, 0) is 26.2 Å². The molecule has 0 aromatic heterocycles. The minimum Gasteiger partial charge on any atom is -0.352 e. The van der Waals surface area contributed by atoms with Crippen LogP contribution in [-0.4, -0.2) is 43.8 Å². The number of nitrogens with zero attached hydrogens (tertiary/aromatic N) is 2. The van der Waals surface area contributed by atoms with Crippen molar-refractivity contribution in [3.63, 3.8) is 0 Å². The summed E-state index contributed by atoms with van der Waals surface area (Å²) in [5.74, 6) is -0.952. The standard InChI is InChI=1S/C29H32Cl3N3O4S/c1-5-20(3)33-29(37)21(4)34(17-22-9-10-24(31)16-27(22)32)28(36)18-35(25-8-6-7-19(2)15-25)40(38,39)26-13-11-23(30)12-14-26/h6-16,20-21H,5,17-18H2,1-4H3,(H,33,37)/t20-,21+/m0/s1. The van der Waals surface area contributed by atoms with Gasteiger partial charge in [0.25, 0.3) is 10.0 Å². The first kappa shape index (κ1) is 31.7. The van der Waals surface area contributed by atoms with E-state index in [9.17, 15) is 18.0 Å². The zero-order valence-electron chi connectivity index (χ0n) is 22.7. The Morgan fingerprint density at radius 2 is 1.57 bits per heavy atom. The van der Waals surface area contributed by atoms with E-state index in [0.717, 1.165) is 9.87 Å². The Hall–Kier alpha value is -2.78. The minimum absolute atomic E-state index is 0.0268. The number of aryl methyl sites for hydroxylation is 1. The first-order chi connectivity index (χ1) is 18.8. The molecule has 3 aromatic carbocycles. The van der Waals surface area contributed by atoms with E-state index < -0.39 is 28.5 Å². The van der Waals surface area contributed by atoms with Crippen molar-refractivity contribution < 1.29 is 18.0 Å². The van der Waals surface area contributed by atoms with Crippen LogP contribution in [0.2, 0.25) is 15.1 Å². The summed E-state index contributed by atoms with van der Waals surface area (Å²) >= 11 is 18.5. The van der Waals surface area contributed by atoms with E-state index in [1.165, 1.54) is 29.2 Å². The molecule has 2 atom stereocenters. The number of carbonyl (C=O) groups is 2. The maximum atomic E-state index is 14.0. The Kier molecular flexibility index (Phi) is 10.9. The third-order valence-corrected chi connectivity index (χ3v) is 9.12. The predicted octanol–water partition coefficient (Wildman–Crippen LogP) is 6.48. The van der Waals surface area contributed by atoms with Gasteiger partial charge < -0.3 is 10.2 Å². The fourth-order valence-electron chi connectivity index (χ4n) is 3.93. The maximum Gasteiger partial charge on any atom is 0.264 e. The highest BCUT2D eigenvalue weighted by Crippen LogP contribution is 2.27. The number of hydrogen-bond donors (Lipinski definition) is 1. The molecule has 2 amide bonds. The van der Waals surface area contributed by atoms with E-state index >= 15 is 0 Å². The summed E-state index contributed by atoms with van der Waals surface area (Å²) in [4.78, 5) is 28.4. The number of sulfonamides is 1. The van der Waals surface area contributed by atoms with Gasteiger partial charge in [0.1, 0.15) is 12.6 Å². The lowest BCUT2D eigenvalue weighted by molar-refractivity contribution is -0.139. The zero-order chi connectivity index (χ0) is 29.6. The van der Waals surface area contributed by atoms with Gasteiger partial charge in [-0.1, -0.05) is 59.9 Å². The van der Waals surface area contributed by atoms with Crippen LogP contribution in [0.1, 0.15) is 38.3 Å². The van der Waals surface area contributed by atoms with Crippen LogP contribution < -0.4 is 9.62 Å². The van der Waals surface area contributed by atoms with Crippen molar-refractivity contribution in [1.29, 1.82) is 0 Å². The molecule has 1 N–H and O–H groups in total. The van der Waals surface area contributed by atoms with Gasteiger partial charge in [-0.3, -0.25) is 13.9 Å². The lowest BCUT2D eigenvalue weighted by Gasteiger charge is -2.32. The fraction of sp³-hybridized carbons (Fsp3) is 0.310. The molecule has 0 spiro atoms. The van der Waals surface area contributed by atoms with Crippen LogP contribution in [0, 0.1) is 6.92 Å². The average Bonchev–Trinajstić information content (AvgIpc) is 2.90. The molecule has 11 heteroatoms. The van der Waals surface area contributed by atoms with Crippen LogP contribution in [0.25, 0.3) is 0 Å². The van der Waals surface area contributed by atoms with Gasteiger partial charge >= 0.3 is 0 Å². The van der Waals surface area contributed by atoms with Gasteiger partial charge in [0, 0.05) is 27.7 Å². The van der Waals surface area contributed by atoms with Crippen LogP contribution in [0.5, 0.6) is 0 Å². The summed E-state index contributed by atoms with van der Waals surface area (Å²) < 4.78 is 28.7. The first-order valence-electron chi connectivity index (χ1n) is 12.7. The Balaban J connectivity index is 2.05. The number of benzene rings is 3. The molecule has 214 valence electrons. The summed E-state index contributed by atoms with van der Waals surface area (Å²) in [7, 11) is -4.19. The van der Waals surface area contributed by atoms with E-state index in [-0.39, 0.29) is 23.4 Å². The molecule has 3 aromatic rings. The average molecular weight is 625 g/mol. The summed E-state index contributed by atoms with van der Waals surface area (Å²) in [5.41, 5.74) is 1.68. The van der Waals surface area contributed by atoms with Gasteiger partial charge in [-0.2, -0.15) is 0 Å². The Morgan fingerprint density at radius 1 is 0.925 bits per heavy atom. The second-order valence-electron chi connectivity index (χ2n) is 9.56. The molecule has 0 saturated carbocycles. The highest BCUT2D eigenvalue weighted by Gasteiger charge is 2.33. The van der Waals surface area contributed by atoms with Crippen molar-refractivity contribution in [1.82, 2.24) is 10.2 Å². The predicted molar refractivity (Wildman–Crippen MR) is 162 cm³/mol. The summed E-state index contributed by atoms with van der Waals surface area (Å²) in [6.45, 7) is 6.64. The molecule has 0 aliphatic heterocycles. The molecular formula is C29H32Cl3N3O4S. The van der Waals surface area contributed by atoms with Gasteiger partial charge in [0.15, 0.2) is 0 Å². The van der Waals surface area contributed by atoms with Crippen molar-refractivity contribution in [2.75, 3.05) is 10.8 Å². The van der Waals surface area contributed by atoms with Crippen LogP contribution in [0.4, 0.5) is 5.69 Å². The van der Waals surface area contributed by atoms with Crippen molar-refractivity contribution >= 4 is 62.3 Å². The monoisotopic (exact) mass is 623 g/mol. The van der Waals surface area contributed by atoms with E-state index in [1.807, 2.05) is 26.8 Å². The van der Waals surface area contributed by atoms with E-state index in [4.69, 9.17) is 34.8 Å². The van der Waals surface area contributed by atoms with Gasteiger partial charge in [0.05, 0.1) is 10.6 Å².